The van der Waals surface area contributed by atoms with Crippen LogP contribution in [0.5, 0.6) is 0 Å². The molecule has 21 heavy (non-hydrogen) atoms. The van der Waals surface area contributed by atoms with E-state index in [0.29, 0.717) is 11.1 Å². The number of nitrogens with zero attached hydrogens (tertiary/aromatic N) is 1. The molecule has 1 aromatic rings. The number of rotatable bonds is 3. The van der Waals surface area contributed by atoms with Gasteiger partial charge in [-0.3, -0.25) is 0 Å². The van der Waals surface area contributed by atoms with Crippen molar-refractivity contribution >= 4 is 18.0 Å². The zero-order valence-corrected chi connectivity index (χ0v) is 12.5. The van der Waals surface area contributed by atoms with Crippen LogP contribution < -0.4 is 0 Å². The van der Waals surface area contributed by atoms with Crippen LogP contribution in [0.25, 0.3) is 6.08 Å². The molecular formula is C16H17NO4. The average molecular weight is 287 g/mol. The van der Waals surface area contributed by atoms with Gasteiger partial charge in [-0.2, -0.15) is 5.26 Å². The Bertz CT molecular complexity index is 618. The maximum atomic E-state index is 12.1. The monoisotopic (exact) mass is 287 g/mol. The third-order valence-corrected chi connectivity index (χ3v) is 2.35. The Kier molecular flexibility index (Phi) is 5.25. The minimum atomic E-state index is -0.786. The van der Waals surface area contributed by atoms with Crippen molar-refractivity contribution in [2.75, 3.05) is 7.11 Å². The van der Waals surface area contributed by atoms with Crippen molar-refractivity contribution in [1.29, 1.82) is 5.26 Å². The molecule has 1 aromatic carbocycles. The van der Waals surface area contributed by atoms with Crippen LogP contribution in [0.15, 0.2) is 29.8 Å². The highest BCUT2D eigenvalue weighted by molar-refractivity contribution is 6.17. The normalized spacial score (nSPS) is 11.5. The molecular weight excluding hydrogens is 270 g/mol. The van der Waals surface area contributed by atoms with Crippen molar-refractivity contribution < 1.29 is 19.1 Å². The molecule has 0 saturated carbocycles. The molecule has 1 rings (SSSR count). The molecule has 0 aromatic heterocycles. The summed E-state index contributed by atoms with van der Waals surface area (Å²) in [5.74, 6) is -1.55. The van der Waals surface area contributed by atoms with E-state index in [9.17, 15) is 9.59 Å². The fraction of sp³-hybridized carbons (Fsp3) is 0.312. The van der Waals surface area contributed by atoms with Gasteiger partial charge in [0.15, 0.2) is 0 Å². The SMILES string of the molecule is COC(=O)C(=Cc1cccc(C#N)c1)C(=O)OC(C)(C)C. The number of benzene rings is 1. The third kappa shape index (κ3) is 5.11. The zero-order chi connectivity index (χ0) is 16.0. The maximum absolute atomic E-state index is 12.1. The third-order valence-electron chi connectivity index (χ3n) is 2.35. The molecule has 5 nitrogen and oxygen atoms in total. The topological polar surface area (TPSA) is 76.4 Å². The van der Waals surface area contributed by atoms with Crippen molar-refractivity contribution in [2.24, 2.45) is 0 Å². The summed E-state index contributed by atoms with van der Waals surface area (Å²) in [6, 6.07) is 8.52. The highest BCUT2D eigenvalue weighted by Gasteiger charge is 2.25. The minimum absolute atomic E-state index is 0.220. The Labute approximate surface area is 123 Å². The number of hydrogen-bond donors (Lipinski definition) is 0. The summed E-state index contributed by atoms with van der Waals surface area (Å²) in [5, 5.41) is 8.86. The molecule has 0 heterocycles. The molecule has 0 amide bonds. The molecule has 5 heteroatoms. The molecule has 0 radical (unpaired) electrons. The maximum Gasteiger partial charge on any atom is 0.346 e. The lowest BCUT2D eigenvalue weighted by molar-refractivity contribution is -0.153. The Morgan fingerprint density at radius 3 is 2.43 bits per heavy atom. The molecule has 0 aliphatic carbocycles. The highest BCUT2D eigenvalue weighted by Crippen LogP contribution is 2.16. The van der Waals surface area contributed by atoms with E-state index in [4.69, 9.17) is 10.00 Å². The van der Waals surface area contributed by atoms with Gasteiger partial charge in [-0.05, 0) is 44.5 Å². The van der Waals surface area contributed by atoms with E-state index in [1.165, 1.54) is 13.2 Å². The smallest absolute Gasteiger partial charge is 0.346 e. The molecule has 0 fully saturated rings. The minimum Gasteiger partial charge on any atom is -0.465 e. The molecule has 0 N–H and O–H groups in total. The molecule has 0 unspecified atom stereocenters. The van der Waals surface area contributed by atoms with E-state index in [-0.39, 0.29) is 5.57 Å². The second-order valence-electron chi connectivity index (χ2n) is 5.29. The molecule has 0 saturated heterocycles. The van der Waals surface area contributed by atoms with E-state index < -0.39 is 17.5 Å². The molecule has 0 spiro atoms. The molecule has 0 atom stereocenters. The summed E-state index contributed by atoms with van der Waals surface area (Å²) >= 11 is 0. The van der Waals surface area contributed by atoms with Crippen LogP contribution in [0.1, 0.15) is 31.9 Å². The number of ether oxygens (including phenoxy) is 2. The van der Waals surface area contributed by atoms with Crippen LogP contribution in [-0.2, 0) is 19.1 Å². The average Bonchev–Trinajstić information content (AvgIpc) is 2.42. The van der Waals surface area contributed by atoms with Gasteiger partial charge in [-0.25, -0.2) is 9.59 Å². The van der Waals surface area contributed by atoms with Crippen molar-refractivity contribution in [2.45, 2.75) is 26.4 Å². The van der Waals surface area contributed by atoms with Gasteiger partial charge in [0.05, 0.1) is 18.7 Å². The first kappa shape index (κ1) is 16.4. The van der Waals surface area contributed by atoms with Crippen LogP contribution in [0, 0.1) is 11.3 Å². The predicted molar refractivity (Wildman–Crippen MR) is 77.0 cm³/mol. The number of carbonyl (C=O) groups excluding carboxylic acids is 2. The zero-order valence-electron chi connectivity index (χ0n) is 12.5. The second kappa shape index (κ2) is 6.71. The summed E-state index contributed by atoms with van der Waals surface area (Å²) in [7, 11) is 1.19. The summed E-state index contributed by atoms with van der Waals surface area (Å²) < 4.78 is 9.78. The van der Waals surface area contributed by atoms with Gasteiger partial charge in [0.1, 0.15) is 11.2 Å². The van der Waals surface area contributed by atoms with Gasteiger partial charge < -0.3 is 9.47 Å². The second-order valence-corrected chi connectivity index (χ2v) is 5.29. The van der Waals surface area contributed by atoms with Crippen LogP contribution >= 0.6 is 0 Å². The van der Waals surface area contributed by atoms with Crippen LogP contribution in [0.3, 0.4) is 0 Å². The standard InChI is InChI=1S/C16H17NO4/c1-16(2,3)21-15(19)13(14(18)20-4)9-11-6-5-7-12(8-11)10-17/h5-9H,1-4H3. The molecule has 0 aliphatic rings. The van der Waals surface area contributed by atoms with Gasteiger partial charge in [-0.1, -0.05) is 12.1 Å². The van der Waals surface area contributed by atoms with Gasteiger partial charge in [-0.15, -0.1) is 0 Å². The number of hydrogen-bond acceptors (Lipinski definition) is 5. The quantitative estimate of drug-likeness (QED) is 0.369. The lowest BCUT2D eigenvalue weighted by Crippen LogP contribution is -2.27. The number of carbonyl (C=O) groups is 2. The van der Waals surface area contributed by atoms with Gasteiger partial charge >= 0.3 is 11.9 Å². The first-order valence-corrected chi connectivity index (χ1v) is 6.30. The lowest BCUT2D eigenvalue weighted by Gasteiger charge is -2.19. The summed E-state index contributed by atoms with van der Waals surface area (Å²) in [5.41, 5.74) is 0.0265. The number of esters is 2. The molecule has 110 valence electrons. The van der Waals surface area contributed by atoms with Crippen LogP contribution in [0.2, 0.25) is 0 Å². The predicted octanol–water partition coefficient (Wildman–Crippen LogP) is 2.46. The largest absolute Gasteiger partial charge is 0.465 e. The Morgan fingerprint density at radius 1 is 1.24 bits per heavy atom. The van der Waals surface area contributed by atoms with Gasteiger partial charge in [0.25, 0.3) is 0 Å². The van der Waals surface area contributed by atoms with E-state index >= 15 is 0 Å². The van der Waals surface area contributed by atoms with E-state index in [1.807, 2.05) is 6.07 Å². The summed E-state index contributed by atoms with van der Waals surface area (Å²) in [4.78, 5) is 23.8. The van der Waals surface area contributed by atoms with E-state index in [2.05, 4.69) is 4.74 Å². The van der Waals surface area contributed by atoms with E-state index in [0.717, 1.165) is 0 Å². The fourth-order valence-electron chi connectivity index (χ4n) is 1.51. The fourth-order valence-corrected chi connectivity index (χ4v) is 1.51. The number of methoxy groups -OCH3 is 1. The van der Waals surface area contributed by atoms with Crippen molar-refractivity contribution in [3.8, 4) is 6.07 Å². The lowest BCUT2D eigenvalue weighted by atomic mass is 10.1. The highest BCUT2D eigenvalue weighted by atomic mass is 16.6. The molecule has 0 bridgehead atoms. The number of nitriles is 1. The van der Waals surface area contributed by atoms with E-state index in [1.54, 1.807) is 45.0 Å². The van der Waals surface area contributed by atoms with Gasteiger partial charge in [0, 0.05) is 0 Å². The first-order valence-electron chi connectivity index (χ1n) is 6.30. The van der Waals surface area contributed by atoms with Crippen molar-refractivity contribution in [3.05, 3.63) is 41.0 Å². The molecule has 0 aliphatic heterocycles. The Morgan fingerprint density at radius 2 is 1.90 bits per heavy atom. The Hall–Kier alpha value is -2.61. The van der Waals surface area contributed by atoms with Gasteiger partial charge in [0.2, 0.25) is 0 Å². The summed E-state index contributed by atoms with van der Waals surface area (Å²) in [6.45, 7) is 5.11. The van der Waals surface area contributed by atoms with Crippen LogP contribution in [-0.4, -0.2) is 24.6 Å². The Balaban J connectivity index is 3.19. The van der Waals surface area contributed by atoms with Crippen LogP contribution in [0.4, 0.5) is 0 Å². The van der Waals surface area contributed by atoms with Crippen molar-refractivity contribution in [3.63, 3.8) is 0 Å². The van der Waals surface area contributed by atoms with Crippen molar-refractivity contribution in [1.82, 2.24) is 0 Å². The first-order chi connectivity index (χ1) is 9.76. The summed E-state index contributed by atoms with van der Waals surface area (Å²) in [6.07, 6.45) is 1.35.